The van der Waals surface area contributed by atoms with E-state index in [2.05, 4.69) is 82.3 Å². The molecule has 2 rings (SSSR count). The Labute approximate surface area is 148 Å². The highest BCUT2D eigenvalue weighted by Crippen LogP contribution is 2.53. The summed E-state index contributed by atoms with van der Waals surface area (Å²) in [6.45, 7) is 17.1. The summed E-state index contributed by atoms with van der Waals surface area (Å²) in [5.74, 6) is 0.748. The summed E-state index contributed by atoms with van der Waals surface area (Å²) in [6, 6.07) is 9.28. The highest BCUT2D eigenvalue weighted by molar-refractivity contribution is 8.29. The van der Waals surface area contributed by atoms with Crippen LogP contribution in [0.2, 0.25) is 16.6 Å². The minimum absolute atomic E-state index is 0.748. The Morgan fingerprint density at radius 1 is 0.913 bits per heavy atom. The molecule has 0 spiro atoms. The van der Waals surface area contributed by atoms with Crippen LogP contribution in [0.4, 0.5) is 0 Å². The van der Waals surface area contributed by atoms with Crippen molar-refractivity contribution in [3.63, 3.8) is 0 Å². The fourth-order valence-electron chi connectivity index (χ4n) is 4.59. The highest BCUT2D eigenvalue weighted by atomic mass is 32.4. The van der Waals surface area contributed by atoms with Crippen molar-refractivity contribution in [2.24, 2.45) is 0 Å². The van der Waals surface area contributed by atoms with E-state index in [4.69, 9.17) is 0 Å². The second kappa shape index (κ2) is 8.22. The Balaban J connectivity index is 2.37. The molecule has 3 heteroatoms. The van der Waals surface area contributed by atoms with E-state index >= 15 is 0 Å². The van der Waals surface area contributed by atoms with Crippen LogP contribution in [0.1, 0.15) is 65.9 Å². The van der Waals surface area contributed by atoms with Crippen molar-refractivity contribution in [1.82, 2.24) is 5.32 Å². The molecule has 0 aliphatic carbocycles. The summed E-state index contributed by atoms with van der Waals surface area (Å²) in [7, 11) is -1.46. The van der Waals surface area contributed by atoms with E-state index in [0.717, 1.165) is 22.5 Å². The normalized spacial score (nSPS) is 17.4. The van der Waals surface area contributed by atoms with Gasteiger partial charge in [0.2, 0.25) is 0 Å². The molecule has 0 atom stereocenters. The Bertz CT molecular complexity index is 470. The molecular weight excluding hydrogens is 314 g/mol. The van der Waals surface area contributed by atoms with Gasteiger partial charge in [0, 0.05) is 4.90 Å². The molecule has 1 nitrogen and oxygen atoms in total. The topological polar surface area (TPSA) is 12.0 Å². The standard InChI is InChI=1S/C20H35NSSi/c1-15(2)23(16(3)4,17(5)6)22-20-10-8-7-9-19(20)18-11-13-21-14-12-18/h7-10,15-18,21H,11-14H2,1-6H3. The van der Waals surface area contributed by atoms with Gasteiger partial charge in [0.15, 0.2) is 0 Å². The fraction of sp³-hybridized carbons (Fsp3) is 0.700. The van der Waals surface area contributed by atoms with Crippen LogP contribution in [0, 0.1) is 0 Å². The van der Waals surface area contributed by atoms with Crippen LogP contribution in [0.15, 0.2) is 29.2 Å². The van der Waals surface area contributed by atoms with Crippen LogP contribution in [-0.2, 0) is 0 Å². The second-order valence-corrected chi connectivity index (χ2v) is 16.5. The third kappa shape index (κ3) is 4.05. The van der Waals surface area contributed by atoms with E-state index in [0.29, 0.717) is 0 Å². The molecule has 130 valence electrons. The van der Waals surface area contributed by atoms with Crippen molar-refractivity contribution in [2.45, 2.75) is 81.8 Å². The van der Waals surface area contributed by atoms with Gasteiger partial charge < -0.3 is 5.32 Å². The van der Waals surface area contributed by atoms with E-state index in [9.17, 15) is 0 Å². The quantitative estimate of drug-likeness (QED) is 0.595. The molecule has 0 amide bonds. The summed E-state index contributed by atoms with van der Waals surface area (Å²) in [5.41, 5.74) is 4.02. The first-order valence-electron chi connectivity index (χ1n) is 9.38. The van der Waals surface area contributed by atoms with Gasteiger partial charge in [0.1, 0.15) is 7.22 Å². The molecule has 1 fully saturated rings. The van der Waals surface area contributed by atoms with Crippen molar-refractivity contribution in [3.8, 4) is 0 Å². The molecular formula is C20H35NSSi. The smallest absolute Gasteiger partial charge is 0.131 e. The number of piperidine rings is 1. The zero-order valence-electron chi connectivity index (χ0n) is 15.9. The third-order valence-electron chi connectivity index (χ3n) is 5.69. The van der Waals surface area contributed by atoms with Crippen molar-refractivity contribution >= 4 is 18.4 Å². The lowest BCUT2D eigenvalue weighted by Crippen LogP contribution is -2.41. The van der Waals surface area contributed by atoms with Crippen molar-refractivity contribution in [1.29, 1.82) is 0 Å². The molecule has 0 aromatic heterocycles. The zero-order valence-corrected chi connectivity index (χ0v) is 17.7. The van der Waals surface area contributed by atoms with Gasteiger partial charge >= 0.3 is 0 Å². The molecule has 0 unspecified atom stereocenters. The fourth-order valence-corrected chi connectivity index (χ4v) is 14.0. The number of hydrogen-bond donors (Lipinski definition) is 1. The van der Waals surface area contributed by atoms with Crippen LogP contribution < -0.4 is 5.32 Å². The summed E-state index contributed by atoms with van der Waals surface area (Å²) in [5, 5.41) is 3.51. The van der Waals surface area contributed by atoms with Crippen LogP contribution >= 0.6 is 11.2 Å². The summed E-state index contributed by atoms with van der Waals surface area (Å²) >= 11 is 2.30. The maximum Gasteiger partial charge on any atom is 0.131 e. The maximum atomic E-state index is 3.51. The van der Waals surface area contributed by atoms with E-state index in [1.807, 2.05) is 0 Å². The predicted octanol–water partition coefficient (Wildman–Crippen LogP) is 6.42. The van der Waals surface area contributed by atoms with Crippen LogP contribution in [0.5, 0.6) is 0 Å². The lowest BCUT2D eigenvalue weighted by Gasteiger charge is -2.43. The highest BCUT2D eigenvalue weighted by Gasteiger charge is 2.44. The largest absolute Gasteiger partial charge is 0.317 e. The van der Waals surface area contributed by atoms with Gasteiger partial charge in [-0.3, -0.25) is 0 Å². The molecule has 1 aromatic rings. The number of hydrogen-bond acceptors (Lipinski definition) is 2. The van der Waals surface area contributed by atoms with Crippen molar-refractivity contribution < 1.29 is 0 Å². The van der Waals surface area contributed by atoms with Gasteiger partial charge in [-0.25, -0.2) is 0 Å². The monoisotopic (exact) mass is 349 g/mol. The minimum atomic E-state index is -1.46. The van der Waals surface area contributed by atoms with Gasteiger partial charge in [-0.15, -0.1) is 11.2 Å². The first kappa shape index (κ1) is 19.1. The molecule has 1 N–H and O–H groups in total. The summed E-state index contributed by atoms with van der Waals surface area (Å²) in [6.07, 6.45) is 2.58. The molecule has 1 aliphatic rings. The first-order valence-corrected chi connectivity index (χ1v) is 13.2. The van der Waals surface area contributed by atoms with Gasteiger partial charge in [0.05, 0.1) is 0 Å². The molecule has 1 saturated heterocycles. The van der Waals surface area contributed by atoms with E-state index in [-0.39, 0.29) is 0 Å². The SMILES string of the molecule is CC(C)[Si](Sc1ccccc1C1CCNCC1)(C(C)C)C(C)C. The minimum Gasteiger partial charge on any atom is -0.317 e. The number of rotatable bonds is 6. The molecule has 23 heavy (non-hydrogen) atoms. The van der Waals surface area contributed by atoms with Crippen LogP contribution in [0.3, 0.4) is 0 Å². The van der Waals surface area contributed by atoms with E-state index in [1.165, 1.54) is 25.9 Å². The lowest BCUT2D eigenvalue weighted by molar-refractivity contribution is 0.456. The second-order valence-electron chi connectivity index (χ2n) is 7.98. The molecule has 0 saturated carbocycles. The van der Waals surface area contributed by atoms with Crippen molar-refractivity contribution in [3.05, 3.63) is 29.8 Å². The molecule has 0 bridgehead atoms. The number of nitrogens with one attached hydrogen (secondary N) is 1. The third-order valence-corrected chi connectivity index (χ3v) is 18.0. The van der Waals surface area contributed by atoms with Gasteiger partial charge in [0.25, 0.3) is 0 Å². The summed E-state index contributed by atoms with van der Waals surface area (Å²) < 4.78 is 0. The Morgan fingerprint density at radius 2 is 1.43 bits per heavy atom. The van der Waals surface area contributed by atoms with Crippen LogP contribution in [0.25, 0.3) is 0 Å². The molecule has 1 heterocycles. The maximum absolute atomic E-state index is 3.51. The Morgan fingerprint density at radius 3 is 1.96 bits per heavy atom. The molecule has 1 aliphatic heterocycles. The number of benzene rings is 1. The average Bonchev–Trinajstić information content (AvgIpc) is 2.52. The Hall–Kier alpha value is -0.253. The summed E-state index contributed by atoms with van der Waals surface area (Å²) in [4.78, 5) is 1.59. The lowest BCUT2D eigenvalue weighted by atomic mass is 9.90. The molecule has 0 radical (unpaired) electrons. The Kier molecular flexibility index (Phi) is 6.82. The van der Waals surface area contributed by atoms with Crippen LogP contribution in [-0.4, -0.2) is 20.3 Å². The predicted molar refractivity (Wildman–Crippen MR) is 108 cm³/mol. The zero-order chi connectivity index (χ0) is 17.0. The van der Waals surface area contributed by atoms with Gasteiger partial charge in [-0.05, 0) is 60.1 Å². The van der Waals surface area contributed by atoms with Crippen molar-refractivity contribution in [2.75, 3.05) is 13.1 Å². The molecule has 1 aromatic carbocycles. The first-order chi connectivity index (χ1) is 10.9. The van der Waals surface area contributed by atoms with Gasteiger partial charge in [-0.2, -0.15) is 0 Å². The van der Waals surface area contributed by atoms with Gasteiger partial charge in [-0.1, -0.05) is 59.7 Å². The van der Waals surface area contributed by atoms with E-state index in [1.54, 1.807) is 10.5 Å². The average molecular weight is 350 g/mol. The van der Waals surface area contributed by atoms with E-state index < -0.39 is 7.22 Å².